The third kappa shape index (κ3) is 3.64. The van der Waals surface area contributed by atoms with E-state index in [1.54, 1.807) is 0 Å². The number of thioether (sulfide) groups is 1. The zero-order valence-corrected chi connectivity index (χ0v) is 12.4. The van der Waals surface area contributed by atoms with Gasteiger partial charge >= 0.3 is 0 Å². The summed E-state index contributed by atoms with van der Waals surface area (Å²) in [6.07, 6.45) is 0. The Hall–Kier alpha value is -0.293. The maximum Gasteiger partial charge on any atom is 0.190 e. The van der Waals surface area contributed by atoms with Gasteiger partial charge in [-0.1, -0.05) is 45.3 Å². The van der Waals surface area contributed by atoms with Gasteiger partial charge in [-0.2, -0.15) is 0 Å². The lowest BCUT2D eigenvalue weighted by Crippen LogP contribution is -2.24. The van der Waals surface area contributed by atoms with Crippen LogP contribution in [-0.4, -0.2) is 28.2 Å². The Morgan fingerprint density at radius 3 is 2.27 bits per heavy atom. The highest BCUT2D eigenvalue weighted by Gasteiger charge is 2.17. The molecule has 0 radical (unpaired) electrons. The molecule has 0 atom stereocenters. The van der Waals surface area contributed by atoms with Crippen LogP contribution in [0.2, 0.25) is 19.6 Å². The van der Waals surface area contributed by atoms with Crippen molar-refractivity contribution in [2.24, 2.45) is 7.05 Å². The van der Waals surface area contributed by atoms with Crippen LogP contribution in [0.15, 0.2) is 5.16 Å². The number of rotatable bonds is 4. The first-order chi connectivity index (χ1) is 6.81. The van der Waals surface area contributed by atoms with Gasteiger partial charge in [0.15, 0.2) is 5.16 Å². The van der Waals surface area contributed by atoms with E-state index in [-0.39, 0.29) is 0 Å². The van der Waals surface area contributed by atoms with Crippen LogP contribution < -0.4 is 0 Å². The van der Waals surface area contributed by atoms with Crippen molar-refractivity contribution in [2.45, 2.75) is 44.6 Å². The summed E-state index contributed by atoms with van der Waals surface area (Å²) >= 11 is 1.84. The Bertz CT molecular complexity index is 328. The lowest BCUT2D eigenvalue weighted by molar-refractivity contribution is 0.680. The van der Waals surface area contributed by atoms with E-state index < -0.39 is 8.07 Å². The predicted molar refractivity (Wildman–Crippen MR) is 69.2 cm³/mol. The van der Waals surface area contributed by atoms with Gasteiger partial charge in [0, 0.05) is 13.0 Å². The van der Waals surface area contributed by atoms with Crippen LogP contribution in [0, 0.1) is 0 Å². The summed E-state index contributed by atoms with van der Waals surface area (Å²) in [5, 5.41) is 10.7. The van der Waals surface area contributed by atoms with Crippen molar-refractivity contribution < 1.29 is 0 Å². The van der Waals surface area contributed by atoms with Crippen molar-refractivity contribution >= 4 is 19.8 Å². The van der Waals surface area contributed by atoms with Gasteiger partial charge in [-0.25, -0.2) is 0 Å². The molecule has 0 N–H and O–H groups in total. The minimum atomic E-state index is -0.999. The van der Waals surface area contributed by atoms with Crippen LogP contribution in [0.4, 0.5) is 0 Å². The highest BCUT2D eigenvalue weighted by Crippen LogP contribution is 2.22. The van der Waals surface area contributed by atoms with Crippen LogP contribution in [0.3, 0.4) is 0 Å². The van der Waals surface area contributed by atoms with Crippen molar-refractivity contribution in [1.82, 2.24) is 14.8 Å². The fourth-order valence-electron chi connectivity index (χ4n) is 1.24. The maximum absolute atomic E-state index is 4.24. The van der Waals surface area contributed by atoms with E-state index in [1.807, 2.05) is 11.8 Å². The SMILES string of the molecule is CC(C)c1nnc(SC[Si](C)(C)C)n1C. The van der Waals surface area contributed by atoms with Crippen LogP contribution in [-0.2, 0) is 7.05 Å². The Morgan fingerprint density at radius 2 is 1.87 bits per heavy atom. The van der Waals surface area contributed by atoms with E-state index in [9.17, 15) is 0 Å². The monoisotopic (exact) mass is 243 g/mol. The summed E-state index contributed by atoms with van der Waals surface area (Å²) < 4.78 is 2.12. The zero-order chi connectivity index (χ0) is 11.6. The van der Waals surface area contributed by atoms with E-state index in [1.165, 1.54) is 5.38 Å². The van der Waals surface area contributed by atoms with E-state index >= 15 is 0 Å². The van der Waals surface area contributed by atoms with Crippen molar-refractivity contribution in [3.8, 4) is 0 Å². The van der Waals surface area contributed by atoms with Gasteiger partial charge in [0.2, 0.25) is 0 Å². The molecular formula is C10H21N3SSi. The third-order valence-corrected chi connectivity index (χ3v) is 6.67. The number of aromatic nitrogens is 3. The van der Waals surface area contributed by atoms with Crippen LogP contribution in [0.25, 0.3) is 0 Å². The number of nitrogens with zero attached hydrogens (tertiary/aromatic N) is 3. The normalized spacial score (nSPS) is 12.5. The summed E-state index contributed by atoms with van der Waals surface area (Å²) in [5.74, 6) is 1.52. The molecule has 1 aromatic rings. The first-order valence-corrected chi connectivity index (χ1v) is 10.0. The average Bonchev–Trinajstić information content (AvgIpc) is 2.42. The molecule has 0 fully saturated rings. The molecule has 0 spiro atoms. The molecule has 1 aromatic heterocycles. The lowest BCUT2D eigenvalue weighted by atomic mass is 10.2. The molecule has 3 nitrogen and oxygen atoms in total. The fourth-order valence-corrected chi connectivity index (χ4v) is 3.87. The molecule has 0 bridgehead atoms. The number of hydrogen-bond acceptors (Lipinski definition) is 3. The molecule has 1 heterocycles. The predicted octanol–water partition coefficient (Wildman–Crippen LogP) is 2.91. The van der Waals surface area contributed by atoms with Gasteiger partial charge in [0.1, 0.15) is 5.82 Å². The van der Waals surface area contributed by atoms with Crippen LogP contribution in [0.1, 0.15) is 25.6 Å². The summed E-state index contributed by atoms with van der Waals surface area (Å²) in [6, 6.07) is 0. The molecule has 1 rings (SSSR count). The molecule has 0 saturated carbocycles. The van der Waals surface area contributed by atoms with E-state index in [4.69, 9.17) is 0 Å². The first-order valence-electron chi connectivity index (χ1n) is 5.33. The highest BCUT2D eigenvalue weighted by atomic mass is 32.2. The second-order valence-corrected chi connectivity index (χ2v) is 12.3. The molecular weight excluding hydrogens is 222 g/mol. The average molecular weight is 243 g/mol. The summed E-state index contributed by atoms with van der Waals surface area (Å²) in [5.41, 5.74) is 0. The summed E-state index contributed by atoms with van der Waals surface area (Å²) in [6.45, 7) is 11.4. The molecule has 0 amide bonds. The summed E-state index contributed by atoms with van der Waals surface area (Å²) in [4.78, 5) is 0. The van der Waals surface area contributed by atoms with Crippen molar-refractivity contribution in [3.05, 3.63) is 5.82 Å². The topological polar surface area (TPSA) is 30.7 Å². The Labute approximate surface area is 97.7 Å². The minimum absolute atomic E-state index is 0.448. The molecule has 0 saturated heterocycles. The highest BCUT2D eigenvalue weighted by molar-refractivity contribution is 8.00. The summed E-state index contributed by atoms with van der Waals surface area (Å²) in [7, 11) is 1.06. The van der Waals surface area contributed by atoms with Crippen LogP contribution in [0.5, 0.6) is 0 Å². The Balaban J connectivity index is 2.71. The maximum atomic E-state index is 4.24. The molecule has 0 unspecified atom stereocenters. The third-order valence-electron chi connectivity index (χ3n) is 2.02. The molecule has 0 aliphatic rings. The fraction of sp³-hybridized carbons (Fsp3) is 0.800. The molecule has 0 aliphatic heterocycles. The first kappa shape index (κ1) is 12.8. The van der Waals surface area contributed by atoms with Gasteiger partial charge < -0.3 is 4.57 Å². The van der Waals surface area contributed by atoms with Crippen molar-refractivity contribution in [1.29, 1.82) is 0 Å². The van der Waals surface area contributed by atoms with E-state index in [0.29, 0.717) is 5.92 Å². The second-order valence-electron chi connectivity index (χ2n) is 5.40. The smallest absolute Gasteiger partial charge is 0.190 e. The van der Waals surface area contributed by atoms with Gasteiger partial charge in [0.05, 0.1) is 8.07 Å². The molecule has 0 aromatic carbocycles. The van der Waals surface area contributed by atoms with Gasteiger partial charge in [0.25, 0.3) is 0 Å². The van der Waals surface area contributed by atoms with Crippen molar-refractivity contribution in [3.63, 3.8) is 0 Å². The van der Waals surface area contributed by atoms with Gasteiger partial charge in [-0.15, -0.1) is 10.2 Å². The zero-order valence-electron chi connectivity index (χ0n) is 10.5. The quantitative estimate of drug-likeness (QED) is 0.602. The molecule has 86 valence electrons. The van der Waals surface area contributed by atoms with E-state index in [0.717, 1.165) is 11.0 Å². The number of hydrogen-bond donors (Lipinski definition) is 0. The molecule has 15 heavy (non-hydrogen) atoms. The van der Waals surface area contributed by atoms with Gasteiger partial charge in [-0.3, -0.25) is 0 Å². The molecule has 5 heteroatoms. The molecule has 0 aliphatic carbocycles. The Morgan fingerprint density at radius 1 is 1.27 bits per heavy atom. The second kappa shape index (κ2) is 4.70. The van der Waals surface area contributed by atoms with Gasteiger partial charge in [-0.05, 0) is 5.38 Å². The Kier molecular flexibility index (Phi) is 4.00. The lowest BCUT2D eigenvalue weighted by Gasteiger charge is -2.14. The van der Waals surface area contributed by atoms with Crippen LogP contribution >= 0.6 is 11.8 Å². The van der Waals surface area contributed by atoms with E-state index in [2.05, 4.69) is 55.3 Å². The minimum Gasteiger partial charge on any atom is -0.309 e. The standard InChI is InChI=1S/C10H21N3SSi/c1-8(2)9-11-12-10(13(9)3)14-7-15(4,5)6/h8H,7H2,1-6H3. The van der Waals surface area contributed by atoms with Crippen molar-refractivity contribution in [2.75, 3.05) is 5.38 Å². The largest absolute Gasteiger partial charge is 0.309 e.